The first kappa shape index (κ1) is 7.79. The van der Waals surface area contributed by atoms with Gasteiger partial charge in [0.05, 0.1) is 6.20 Å². The summed E-state index contributed by atoms with van der Waals surface area (Å²) in [7, 11) is 0. The zero-order valence-electron chi connectivity index (χ0n) is 6.45. The van der Waals surface area contributed by atoms with Crippen LogP contribution >= 0.6 is 0 Å². The molecule has 0 N–H and O–H groups in total. The fourth-order valence-corrected chi connectivity index (χ4v) is 0.622. The molecule has 0 aromatic carbocycles. The van der Waals surface area contributed by atoms with Gasteiger partial charge in [0.15, 0.2) is 0 Å². The van der Waals surface area contributed by atoms with Crippen LogP contribution in [0.2, 0.25) is 0 Å². The summed E-state index contributed by atoms with van der Waals surface area (Å²) >= 11 is 0. The Balaban J connectivity index is 2.39. The summed E-state index contributed by atoms with van der Waals surface area (Å²) in [6.07, 6.45) is 6.55. The van der Waals surface area contributed by atoms with Crippen molar-refractivity contribution in [2.75, 3.05) is 6.61 Å². The van der Waals surface area contributed by atoms with Crippen molar-refractivity contribution in [2.24, 2.45) is 0 Å². The second-order valence-corrected chi connectivity index (χ2v) is 1.98. The van der Waals surface area contributed by atoms with Crippen LogP contribution < -0.4 is 4.74 Å². The third-order valence-electron chi connectivity index (χ3n) is 1.15. The summed E-state index contributed by atoms with van der Waals surface area (Å²) in [5, 5.41) is 0. The summed E-state index contributed by atoms with van der Waals surface area (Å²) < 4.78 is 5.22. The molecule has 1 aromatic rings. The highest BCUT2D eigenvalue weighted by atomic mass is 16.5. The normalized spacial score (nSPS) is 10.3. The van der Waals surface area contributed by atoms with Gasteiger partial charge in [0.1, 0.15) is 6.61 Å². The van der Waals surface area contributed by atoms with Gasteiger partial charge >= 0.3 is 0 Å². The number of ether oxygens (including phenoxy) is 1. The Kier molecular flexibility index (Phi) is 3.19. The minimum atomic E-state index is 0.571. The molecule has 1 heterocycles. The lowest BCUT2D eigenvalue weighted by Gasteiger charge is -1.98. The van der Waals surface area contributed by atoms with Crippen molar-refractivity contribution in [2.45, 2.75) is 6.92 Å². The molecule has 0 unspecified atom stereocenters. The Morgan fingerprint density at radius 3 is 3.27 bits per heavy atom. The van der Waals surface area contributed by atoms with E-state index < -0.39 is 0 Å². The van der Waals surface area contributed by atoms with Crippen LogP contribution in [0.5, 0.6) is 5.88 Å². The standard InChI is InChI=1S/C9H10NO/c1-2-3-8-11-9-6-4-5-7-10-9/h2-6H,8H2,1H3/b3-2+. The van der Waals surface area contributed by atoms with E-state index in [0.29, 0.717) is 12.5 Å². The molecular weight excluding hydrogens is 138 g/mol. The van der Waals surface area contributed by atoms with E-state index in [0.717, 1.165) is 0 Å². The Hall–Kier alpha value is -1.31. The quantitative estimate of drug-likeness (QED) is 0.610. The van der Waals surface area contributed by atoms with Gasteiger partial charge in [-0.2, -0.15) is 0 Å². The van der Waals surface area contributed by atoms with Gasteiger partial charge in [-0.05, 0) is 13.0 Å². The van der Waals surface area contributed by atoms with Crippen LogP contribution in [0.3, 0.4) is 0 Å². The highest BCUT2D eigenvalue weighted by Gasteiger charge is 1.87. The second kappa shape index (κ2) is 4.50. The molecule has 0 saturated carbocycles. The van der Waals surface area contributed by atoms with E-state index in [-0.39, 0.29) is 0 Å². The summed E-state index contributed by atoms with van der Waals surface area (Å²) in [5.41, 5.74) is 0. The Morgan fingerprint density at radius 2 is 2.64 bits per heavy atom. The number of aromatic nitrogens is 1. The summed E-state index contributed by atoms with van der Waals surface area (Å²) in [6, 6.07) is 5.39. The van der Waals surface area contributed by atoms with Crippen molar-refractivity contribution in [1.82, 2.24) is 4.98 Å². The molecule has 0 aliphatic heterocycles. The van der Waals surface area contributed by atoms with E-state index in [2.05, 4.69) is 11.2 Å². The first-order valence-corrected chi connectivity index (χ1v) is 3.50. The lowest BCUT2D eigenvalue weighted by atomic mass is 10.5. The lowest BCUT2D eigenvalue weighted by Crippen LogP contribution is -1.94. The maximum Gasteiger partial charge on any atom is 0.214 e. The van der Waals surface area contributed by atoms with Gasteiger partial charge in [-0.25, -0.2) is 4.98 Å². The van der Waals surface area contributed by atoms with Crippen LogP contribution in [0.1, 0.15) is 6.92 Å². The molecule has 0 saturated heterocycles. The summed E-state index contributed by atoms with van der Waals surface area (Å²) in [4.78, 5) is 3.87. The summed E-state index contributed by atoms with van der Waals surface area (Å²) in [6.45, 7) is 2.52. The highest BCUT2D eigenvalue weighted by Crippen LogP contribution is 2.01. The molecule has 2 heteroatoms. The number of allylic oxidation sites excluding steroid dienone is 1. The molecule has 0 fully saturated rings. The molecule has 0 spiro atoms. The molecule has 1 radical (unpaired) electrons. The third kappa shape index (κ3) is 2.85. The van der Waals surface area contributed by atoms with Crippen molar-refractivity contribution >= 4 is 0 Å². The van der Waals surface area contributed by atoms with E-state index in [1.54, 1.807) is 12.1 Å². The second-order valence-electron chi connectivity index (χ2n) is 1.98. The van der Waals surface area contributed by atoms with Crippen molar-refractivity contribution in [3.05, 3.63) is 36.5 Å². The molecule has 1 rings (SSSR count). The largest absolute Gasteiger partial charge is 0.473 e. The van der Waals surface area contributed by atoms with E-state index in [1.807, 2.05) is 25.1 Å². The third-order valence-corrected chi connectivity index (χ3v) is 1.15. The van der Waals surface area contributed by atoms with E-state index >= 15 is 0 Å². The molecule has 57 valence electrons. The minimum absolute atomic E-state index is 0.571. The topological polar surface area (TPSA) is 22.1 Å². The van der Waals surface area contributed by atoms with Crippen LogP contribution in [0.15, 0.2) is 30.4 Å². The molecule has 2 nitrogen and oxygen atoms in total. The smallest absolute Gasteiger partial charge is 0.214 e. The Bertz CT molecular complexity index is 218. The zero-order chi connectivity index (χ0) is 7.94. The van der Waals surface area contributed by atoms with Gasteiger partial charge in [0, 0.05) is 6.07 Å². The van der Waals surface area contributed by atoms with Crippen LogP contribution in [-0.4, -0.2) is 11.6 Å². The van der Waals surface area contributed by atoms with Gasteiger partial charge in [-0.15, -0.1) is 0 Å². The van der Waals surface area contributed by atoms with Crippen molar-refractivity contribution in [1.29, 1.82) is 0 Å². The van der Waals surface area contributed by atoms with Gasteiger partial charge in [-0.1, -0.05) is 18.2 Å². The van der Waals surface area contributed by atoms with Gasteiger partial charge in [0.25, 0.3) is 0 Å². The molecule has 0 amide bonds. The van der Waals surface area contributed by atoms with E-state index in [4.69, 9.17) is 4.74 Å². The van der Waals surface area contributed by atoms with Gasteiger partial charge in [0.2, 0.25) is 5.88 Å². The number of nitrogens with zero attached hydrogens (tertiary/aromatic N) is 1. The lowest BCUT2D eigenvalue weighted by molar-refractivity contribution is 0.348. The minimum Gasteiger partial charge on any atom is -0.473 e. The SMILES string of the molecule is C/C=C/COc1ccc[c]n1. The van der Waals surface area contributed by atoms with Crippen molar-refractivity contribution in [3.63, 3.8) is 0 Å². The predicted octanol–water partition coefficient (Wildman–Crippen LogP) is 1.84. The Labute approximate surface area is 66.5 Å². The monoisotopic (exact) mass is 148 g/mol. The predicted molar refractivity (Wildman–Crippen MR) is 43.4 cm³/mol. The van der Waals surface area contributed by atoms with Crippen LogP contribution in [-0.2, 0) is 0 Å². The summed E-state index contributed by atoms with van der Waals surface area (Å²) in [5.74, 6) is 0.616. The maximum absolute atomic E-state index is 5.22. The molecule has 11 heavy (non-hydrogen) atoms. The number of rotatable bonds is 3. The number of hydrogen-bond donors (Lipinski definition) is 0. The van der Waals surface area contributed by atoms with Gasteiger partial charge < -0.3 is 4.74 Å². The molecule has 0 aliphatic carbocycles. The molecule has 1 aromatic heterocycles. The average Bonchev–Trinajstić information content (AvgIpc) is 2.07. The molecule has 0 aliphatic rings. The number of pyridine rings is 1. The fourth-order valence-electron chi connectivity index (χ4n) is 0.622. The Morgan fingerprint density at radius 1 is 1.73 bits per heavy atom. The van der Waals surface area contributed by atoms with Crippen molar-refractivity contribution in [3.8, 4) is 5.88 Å². The van der Waals surface area contributed by atoms with Crippen molar-refractivity contribution < 1.29 is 4.74 Å². The highest BCUT2D eigenvalue weighted by molar-refractivity contribution is 5.08. The van der Waals surface area contributed by atoms with E-state index in [1.165, 1.54) is 0 Å². The molecule has 0 atom stereocenters. The van der Waals surface area contributed by atoms with Crippen LogP contribution in [0, 0.1) is 6.20 Å². The number of hydrogen-bond acceptors (Lipinski definition) is 2. The molecular formula is C9H10NO. The molecule has 0 bridgehead atoms. The first-order valence-electron chi connectivity index (χ1n) is 3.50. The maximum atomic E-state index is 5.22. The van der Waals surface area contributed by atoms with Crippen LogP contribution in [0.4, 0.5) is 0 Å². The fraction of sp³-hybridized carbons (Fsp3) is 0.222. The van der Waals surface area contributed by atoms with Gasteiger partial charge in [-0.3, -0.25) is 0 Å². The van der Waals surface area contributed by atoms with E-state index in [9.17, 15) is 0 Å². The first-order chi connectivity index (χ1) is 5.43. The zero-order valence-corrected chi connectivity index (χ0v) is 6.45. The van der Waals surface area contributed by atoms with Crippen LogP contribution in [0.25, 0.3) is 0 Å². The average molecular weight is 148 g/mol.